The summed E-state index contributed by atoms with van der Waals surface area (Å²) >= 11 is 0. The van der Waals surface area contributed by atoms with Crippen molar-refractivity contribution in [3.05, 3.63) is 59.7 Å². The van der Waals surface area contributed by atoms with Gasteiger partial charge < -0.3 is 10.6 Å². The van der Waals surface area contributed by atoms with E-state index in [-0.39, 0.29) is 5.91 Å². The van der Waals surface area contributed by atoms with Gasteiger partial charge in [-0.3, -0.25) is 9.59 Å². The Morgan fingerprint density at radius 2 is 1.79 bits per heavy atom. The average molecular weight is 254 g/mol. The molecule has 0 bridgehead atoms. The van der Waals surface area contributed by atoms with Gasteiger partial charge in [-0.1, -0.05) is 24.3 Å². The molecule has 0 unspecified atom stereocenters. The van der Waals surface area contributed by atoms with Crippen LogP contribution in [0.15, 0.2) is 48.5 Å². The van der Waals surface area contributed by atoms with E-state index in [1.54, 1.807) is 36.4 Å². The highest BCUT2D eigenvalue weighted by molar-refractivity contribution is 6.06. The first-order valence-corrected chi connectivity index (χ1v) is 5.88. The van der Waals surface area contributed by atoms with Crippen LogP contribution in [0.25, 0.3) is 0 Å². The summed E-state index contributed by atoms with van der Waals surface area (Å²) in [6.07, 6.45) is 0.590. The van der Waals surface area contributed by atoms with Crippen molar-refractivity contribution >= 4 is 23.7 Å². The third-order valence-corrected chi connectivity index (χ3v) is 2.67. The number of amides is 2. The molecule has 2 aromatic carbocycles. The number of hydrogen-bond donors (Lipinski definition) is 2. The highest BCUT2D eigenvalue weighted by atomic mass is 16.1. The number of carbonyl (C=O) groups is 2. The lowest BCUT2D eigenvalue weighted by Gasteiger charge is -2.11. The molecule has 2 amide bonds. The lowest BCUT2D eigenvalue weighted by molar-refractivity contribution is -0.105. The monoisotopic (exact) mass is 254 g/mol. The Balaban J connectivity index is 2.23. The summed E-state index contributed by atoms with van der Waals surface area (Å²) in [6.45, 7) is 1.92. The van der Waals surface area contributed by atoms with Crippen molar-refractivity contribution in [2.75, 3.05) is 10.6 Å². The molecule has 0 radical (unpaired) electrons. The van der Waals surface area contributed by atoms with Crippen LogP contribution in [0.3, 0.4) is 0 Å². The molecule has 4 nitrogen and oxygen atoms in total. The molecule has 0 fully saturated rings. The van der Waals surface area contributed by atoms with Gasteiger partial charge in [-0.15, -0.1) is 0 Å². The second kappa shape index (κ2) is 5.82. The maximum Gasteiger partial charge on any atom is 0.255 e. The van der Waals surface area contributed by atoms with Crippen molar-refractivity contribution in [1.82, 2.24) is 0 Å². The summed E-state index contributed by atoms with van der Waals surface area (Å²) in [6, 6.07) is 14.4. The molecule has 2 N–H and O–H groups in total. The lowest BCUT2D eigenvalue weighted by Crippen LogP contribution is -2.13. The second-order valence-electron chi connectivity index (χ2n) is 4.13. The first kappa shape index (κ1) is 12.8. The maximum absolute atomic E-state index is 12.0. The fraction of sp³-hybridized carbons (Fsp3) is 0.0667. The highest BCUT2D eigenvalue weighted by Gasteiger charge is 2.08. The van der Waals surface area contributed by atoms with Crippen LogP contribution < -0.4 is 10.6 Å². The molecular weight excluding hydrogens is 240 g/mol. The molecule has 4 heteroatoms. The van der Waals surface area contributed by atoms with Crippen LogP contribution in [0, 0.1) is 6.92 Å². The fourth-order valence-electron chi connectivity index (χ4n) is 1.73. The second-order valence-corrected chi connectivity index (χ2v) is 4.13. The van der Waals surface area contributed by atoms with Crippen LogP contribution in [0.4, 0.5) is 11.4 Å². The Kier molecular flexibility index (Phi) is 3.93. The van der Waals surface area contributed by atoms with E-state index in [1.165, 1.54) is 0 Å². The lowest BCUT2D eigenvalue weighted by atomic mass is 10.1. The standard InChI is InChI=1S/C15H14N2O2/c1-11-7-8-13(14(9-11)16-10-18)17-15(19)12-5-3-2-4-6-12/h2-10H,1H3,(H,16,18)(H,17,19). The molecule has 0 aliphatic heterocycles. The summed E-state index contributed by atoms with van der Waals surface area (Å²) in [5.74, 6) is -0.210. The number of aryl methyl sites for hydroxylation is 1. The molecule has 0 saturated carbocycles. The van der Waals surface area contributed by atoms with Gasteiger partial charge in [0.25, 0.3) is 5.91 Å². The number of anilines is 2. The first-order chi connectivity index (χ1) is 9.20. The third kappa shape index (κ3) is 3.19. The van der Waals surface area contributed by atoms with E-state index < -0.39 is 0 Å². The van der Waals surface area contributed by atoms with Gasteiger partial charge in [-0.2, -0.15) is 0 Å². The molecule has 0 heterocycles. The van der Waals surface area contributed by atoms with Gasteiger partial charge in [-0.05, 0) is 36.8 Å². The quantitative estimate of drug-likeness (QED) is 0.824. The van der Waals surface area contributed by atoms with Gasteiger partial charge >= 0.3 is 0 Å². The van der Waals surface area contributed by atoms with Crippen molar-refractivity contribution in [3.8, 4) is 0 Å². The number of rotatable bonds is 4. The number of carbonyl (C=O) groups excluding carboxylic acids is 2. The van der Waals surface area contributed by atoms with E-state index in [0.29, 0.717) is 23.3 Å². The summed E-state index contributed by atoms with van der Waals surface area (Å²) in [7, 11) is 0. The van der Waals surface area contributed by atoms with Crippen LogP contribution in [0.1, 0.15) is 15.9 Å². The first-order valence-electron chi connectivity index (χ1n) is 5.88. The Labute approximate surface area is 111 Å². The molecule has 0 atom stereocenters. The van der Waals surface area contributed by atoms with Gasteiger partial charge in [0.2, 0.25) is 6.41 Å². The Morgan fingerprint density at radius 1 is 1.05 bits per heavy atom. The van der Waals surface area contributed by atoms with Gasteiger partial charge in [0.1, 0.15) is 0 Å². The van der Waals surface area contributed by atoms with Crippen molar-refractivity contribution in [2.45, 2.75) is 6.92 Å². The van der Waals surface area contributed by atoms with Gasteiger partial charge in [-0.25, -0.2) is 0 Å². The average Bonchev–Trinajstić information content (AvgIpc) is 2.43. The van der Waals surface area contributed by atoms with E-state index in [4.69, 9.17) is 0 Å². The van der Waals surface area contributed by atoms with Crippen LogP contribution in [-0.2, 0) is 4.79 Å². The van der Waals surface area contributed by atoms with Crippen molar-refractivity contribution in [1.29, 1.82) is 0 Å². The molecule has 19 heavy (non-hydrogen) atoms. The fourth-order valence-corrected chi connectivity index (χ4v) is 1.73. The zero-order valence-corrected chi connectivity index (χ0v) is 10.5. The molecule has 96 valence electrons. The zero-order valence-electron chi connectivity index (χ0n) is 10.5. The number of hydrogen-bond acceptors (Lipinski definition) is 2. The maximum atomic E-state index is 12.0. The van der Waals surface area contributed by atoms with E-state index >= 15 is 0 Å². The number of benzene rings is 2. The summed E-state index contributed by atoms with van der Waals surface area (Å²) in [5.41, 5.74) is 2.73. The Bertz CT molecular complexity index is 594. The minimum absolute atomic E-state index is 0.210. The Morgan fingerprint density at radius 3 is 2.47 bits per heavy atom. The Hall–Kier alpha value is -2.62. The van der Waals surface area contributed by atoms with E-state index in [1.807, 2.05) is 19.1 Å². The minimum atomic E-state index is -0.210. The molecule has 0 saturated heterocycles. The topological polar surface area (TPSA) is 58.2 Å². The van der Waals surface area contributed by atoms with Crippen molar-refractivity contribution < 1.29 is 9.59 Å². The molecule has 0 aliphatic rings. The van der Waals surface area contributed by atoms with Gasteiger partial charge in [0, 0.05) is 5.56 Å². The third-order valence-electron chi connectivity index (χ3n) is 2.67. The normalized spacial score (nSPS) is 9.74. The van der Waals surface area contributed by atoms with Crippen molar-refractivity contribution in [3.63, 3.8) is 0 Å². The van der Waals surface area contributed by atoms with Gasteiger partial charge in [0.05, 0.1) is 11.4 Å². The molecule has 0 aromatic heterocycles. The minimum Gasteiger partial charge on any atom is -0.327 e. The molecule has 0 spiro atoms. The summed E-state index contributed by atoms with van der Waals surface area (Å²) in [5, 5.41) is 5.36. The molecule has 2 rings (SSSR count). The summed E-state index contributed by atoms with van der Waals surface area (Å²) < 4.78 is 0. The van der Waals surface area contributed by atoms with Crippen LogP contribution in [0.5, 0.6) is 0 Å². The van der Waals surface area contributed by atoms with E-state index in [2.05, 4.69) is 10.6 Å². The largest absolute Gasteiger partial charge is 0.327 e. The van der Waals surface area contributed by atoms with E-state index in [9.17, 15) is 9.59 Å². The molecule has 0 aliphatic carbocycles. The predicted molar refractivity (Wildman–Crippen MR) is 75.3 cm³/mol. The van der Waals surface area contributed by atoms with Crippen LogP contribution in [-0.4, -0.2) is 12.3 Å². The van der Waals surface area contributed by atoms with Crippen LogP contribution >= 0.6 is 0 Å². The summed E-state index contributed by atoms with van der Waals surface area (Å²) in [4.78, 5) is 22.6. The van der Waals surface area contributed by atoms with Crippen LogP contribution in [0.2, 0.25) is 0 Å². The number of nitrogens with one attached hydrogen (secondary N) is 2. The smallest absolute Gasteiger partial charge is 0.255 e. The SMILES string of the molecule is Cc1ccc(NC(=O)c2ccccc2)c(NC=O)c1. The highest BCUT2D eigenvalue weighted by Crippen LogP contribution is 2.23. The zero-order chi connectivity index (χ0) is 13.7. The van der Waals surface area contributed by atoms with Crippen molar-refractivity contribution in [2.24, 2.45) is 0 Å². The molecule has 2 aromatic rings. The van der Waals surface area contributed by atoms with Gasteiger partial charge in [0.15, 0.2) is 0 Å². The van der Waals surface area contributed by atoms with E-state index in [0.717, 1.165) is 5.56 Å². The predicted octanol–water partition coefficient (Wildman–Crippen LogP) is 2.82. The molecular formula is C15H14N2O2.